The molecular formula is C49H40Cl6N4O7. The Morgan fingerprint density at radius 3 is 1.06 bits per heavy atom. The fourth-order valence-electron chi connectivity index (χ4n) is 6.53. The highest BCUT2D eigenvalue weighted by Crippen LogP contribution is 2.28. The van der Waals surface area contributed by atoms with Gasteiger partial charge in [-0.3, -0.25) is 24.0 Å². The van der Waals surface area contributed by atoms with Gasteiger partial charge in [-0.05, 0) is 110 Å². The molecule has 340 valence electrons. The van der Waals surface area contributed by atoms with Crippen LogP contribution in [0.15, 0.2) is 121 Å². The Morgan fingerprint density at radius 1 is 0.439 bits per heavy atom. The minimum atomic E-state index is -1.18. The van der Waals surface area contributed by atoms with Crippen LogP contribution in [0.5, 0.6) is 0 Å². The maximum Gasteiger partial charge on any atom is 0.326 e. The normalized spacial score (nSPS) is 11.5. The zero-order chi connectivity index (χ0) is 48.2. The summed E-state index contributed by atoms with van der Waals surface area (Å²) in [4.78, 5) is 74.3. The average molecular weight is 1010 g/mol. The minimum absolute atomic E-state index is 0.0368. The number of rotatable bonds is 14. The predicted octanol–water partition coefficient (Wildman–Crippen LogP) is 11.8. The molecule has 0 aliphatic carbocycles. The zero-order valence-electron chi connectivity index (χ0n) is 35.3. The van der Waals surface area contributed by atoms with Gasteiger partial charge in [0.05, 0.1) is 58.4 Å². The molecule has 0 bridgehead atoms. The van der Waals surface area contributed by atoms with Gasteiger partial charge < -0.3 is 26.4 Å². The van der Waals surface area contributed by atoms with Gasteiger partial charge in [-0.1, -0.05) is 130 Å². The van der Waals surface area contributed by atoms with Crippen LogP contribution in [0.25, 0.3) is 0 Å². The SMILES string of the molecule is CC(=O)C(Cc1ccc(NC(=O)c2c(Cl)cccc2Cl)cc1)NC(=O)c1c(C)cccc1Cl.Cc1cccc(Cl)c1C(=O)NC(Cc1ccc(NC(=O)c2c(Cl)cccc2Cl)cc1)C(=O)O. The van der Waals surface area contributed by atoms with Crippen molar-refractivity contribution in [2.45, 2.75) is 45.7 Å². The molecule has 17 heteroatoms. The van der Waals surface area contributed by atoms with E-state index in [9.17, 15) is 33.9 Å². The number of hydrogen-bond acceptors (Lipinski definition) is 6. The number of ketones is 1. The highest BCUT2D eigenvalue weighted by molar-refractivity contribution is 6.41. The van der Waals surface area contributed by atoms with E-state index >= 15 is 0 Å². The van der Waals surface area contributed by atoms with Gasteiger partial charge in [0.2, 0.25) is 0 Å². The molecule has 6 aromatic rings. The monoisotopic (exact) mass is 1010 g/mol. The third-order valence-electron chi connectivity index (χ3n) is 9.98. The topological polar surface area (TPSA) is 171 Å². The molecule has 11 nitrogen and oxygen atoms in total. The lowest BCUT2D eigenvalue weighted by atomic mass is 10.0. The molecule has 0 radical (unpaired) electrons. The number of nitrogens with one attached hydrogen (secondary N) is 4. The highest BCUT2D eigenvalue weighted by atomic mass is 35.5. The quantitative estimate of drug-likeness (QED) is 0.0723. The van der Waals surface area contributed by atoms with Crippen LogP contribution in [0.3, 0.4) is 0 Å². The van der Waals surface area contributed by atoms with Gasteiger partial charge in [-0.2, -0.15) is 0 Å². The number of anilines is 2. The fraction of sp³-hybridized carbons (Fsp3) is 0.143. The van der Waals surface area contributed by atoms with Crippen molar-refractivity contribution in [1.82, 2.24) is 10.6 Å². The Bertz CT molecular complexity index is 2530. The van der Waals surface area contributed by atoms with Crippen LogP contribution in [0, 0.1) is 13.8 Å². The summed E-state index contributed by atoms with van der Waals surface area (Å²) < 4.78 is 0. The van der Waals surface area contributed by atoms with Crippen LogP contribution in [0.1, 0.15) is 70.6 Å². The highest BCUT2D eigenvalue weighted by Gasteiger charge is 2.25. The Labute approximate surface area is 410 Å². The summed E-state index contributed by atoms with van der Waals surface area (Å²) in [6, 6.07) is 31.4. The number of benzene rings is 6. The molecule has 0 saturated carbocycles. The molecule has 0 saturated heterocycles. The molecule has 0 aliphatic heterocycles. The summed E-state index contributed by atoms with van der Waals surface area (Å²) in [5.41, 5.74) is 4.77. The summed E-state index contributed by atoms with van der Waals surface area (Å²) in [5, 5.41) is 21.9. The van der Waals surface area contributed by atoms with E-state index < -0.39 is 41.7 Å². The first-order valence-corrected chi connectivity index (χ1v) is 22.1. The van der Waals surface area contributed by atoms with E-state index in [0.29, 0.717) is 33.1 Å². The smallest absolute Gasteiger partial charge is 0.326 e. The molecular weight excluding hydrogens is 969 g/mol. The third-order valence-corrected chi connectivity index (χ3v) is 11.9. The fourth-order valence-corrected chi connectivity index (χ4v) is 8.29. The van der Waals surface area contributed by atoms with Gasteiger partial charge >= 0.3 is 5.97 Å². The van der Waals surface area contributed by atoms with Crippen molar-refractivity contribution in [3.8, 4) is 0 Å². The van der Waals surface area contributed by atoms with Gasteiger partial charge in [-0.15, -0.1) is 0 Å². The number of carbonyl (C=O) groups is 6. The van der Waals surface area contributed by atoms with Crippen molar-refractivity contribution in [2.24, 2.45) is 0 Å². The van der Waals surface area contributed by atoms with Crippen molar-refractivity contribution < 1.29 is 33.9 Å². The predicted molar refractivity (Wildman–Crippen MR) is 262 cm³/mol. The van der Waals surface area contributed by atoms with E-state index in [0.717, 1.165) is 11.1 Å². The lowest BCUT2D eigenvalue weighted by Gasteiger charge is -2.18. The number of amides is 4. The lowest BCUT2D eigenvalue weighted by Crippen LogP contribution is -2.42. The summed E-state index contributed by atoms with van der Waals surface area (Å²) in [5.74, 6) is -3.23. The van der Waals surface area contributed by atoms with Crippen molar-refractivity contribution in [3.63, 3.8) is 0 Å². The van der Waals surface area contributed by atoms with Crippen LogP contribution in [0.4, 0.5) is 11.4 Å². The van der Waals surface area contributed by atoms with Gasteiger partial charge in [0.15, 0.2) is 5.78 Å². The molecule has 0 aromatic heterocycles. The Morgan fingerprint density at radius 2 is 0.742 bits per heavy atom. The molecule has 0 spiro atoms. The summed E-state index contributed by atoms with van der Waals surface area (Å²) in [7, 11) is 0. The second-order valence-corrected chi connectivity index (χ2v) is 17.2. The van der Waals surface area contributed by atoms with Crippen LogP contribution in [-0.2, 0) is 22.4 Å². The van der Waals surface area contributed by atoms with Crippen molar-refractivity contribution >= 4 is 116 Å². The van der Waals surface area contributed by atoms with Crippen LogP contribution < -0.4 is 21.3 Å². The average Bonchev–Trinajstić information content (AvgIpc) is 3.24. The molecule has 5 N–H and O–H groups in total. The first-order chi connectivity index (χ1) is 31.3. The van der Waals surface area contributed by atoms with Gasteiger partial charge in [0.25, 0.3) is 23.6 Å². The van der Waals surface area contributed by atoms with E-state index in [1.54, 1.807) is 135 Å². The van der Waals surface area contributed by atoms with Crippen LogP contribution in [0.2, 0.25) is 30.1 Å². The number of carboxylic acid groups (broad SMARTS) is 1. The minimum Gasteiger partial charge on any atom is -0.480 e. The lowest BCUT2D eigenvalue weighted by molar-refractivity contribution is -0.139. The molecule has 0 heterocycles. The number of Topliss-reactive ketones (excluding diaryl/α,β-unsaturated/α-hetero) is 1. The van der Waals surface area contributed by atoms with Gasteiger partial charge in [-0.25, -0.2) is 4.79 Å². The van der Waals surface area contributed by atoms with Crippen molar-refractivity contribution in [2.75, 3.05) is 10.6 Å². The van der Waals surface area contributed by atoms with Gasteiger partial charge in [0, 0.05) is 17.8 Å². The first-order valence-electron chi connectivity index (χ1n) is 19.9. The maximum absolute atomic E-state index is 12.7. The number of aliphatic carboxylic acids is 1. The van der Waals surface area contributed by atoms with E-state index in [4.69, 9.17) is 69.6 Å². The summed E-state index contributed by atoms with van der Waals surface area (Å²) >= 11 is 36.6. The van der Waals surface area contributed by atoms with Crippen molar-refractivity contribution in [3.05, 3.63) is 196 Å². The molecule has 6 aromatic carbocycles. The number of carboxylic acids is 1. The Kier molecular flexibility index (Phi) is 18.2. The number of halogens is 6. The molecule has 2 unspecified atom stereocenters. The summed E-state index contributed by atoms with van der Waals surface area (Å²) in [6.45, 7) is 4.93. The number of aryl methyl sites for hydroxylation is 2. The van der Waals surface area contributed by atoms with Gasteiger partial charge in [0.1, 0.15) is 6.04 Å². The molecule has 6 rings (SSSR count). The third kappa shape index (κ3) is 13.6. The standard InChI is InChI=1S/C25H21Cl3N2O3.C24H19Cl3N2O4/c1-14-5-3-6-18(26)22(14)24(32)30-21(15(2)31)13-16-9-11-17(12-10-16)29-25(33)23-19(27)7-4-8-20(23)28;1-13-4-2-5-16(25)20(13)22(30)29-19(24(32)33)12-14-8-10-15(11-9-14)28-23(31)21-17(26)6-3-7-18(21)27/h3-12,21H,13H2,1-2H3,(H,29,33)(H,30,32);2-11,19H,12H2,1H3,(H,28,31)(H,29,30)(H,32,33). The molecule has 2 atom stereocenters. The largest absolute Gasteiger partial charge is 0.480 e. The number of carbonyl (C=O) groups excluding carboxylic acids is 5. The van der Waals surface area contributed by atoms with E-state index in [2.05, 4.69) is 21.3 Å². The summed E-state index contributed by atoms with van der Waals surface area (Å²) in [6.07, 6.45) is 0.324. The Balaban J connectivity index is 0.000000247. The molecule has 0 fully saturated rings. The second-order valence-electron chi connectivity index (χ2n) is 14.8. The first kappa shape index (κ1) is 51.1. The molecule has 0 aliphatic rings. The maximum atomic E-state index is 12.7. The van der Waals surface area contributed by atoms with E-state index in [-0.39, 0.29) is 60.4 Å². The zero-order valence-corrected chi connectivity index (χ0v) is 39.8. The van der Waals surface area contributed by atoms with E-state index in [1.807, 2.05) is 0 Å². The molecule has 4 amide bonds. The van der Waals surface area contributed by atoms with Crippen molar-refractivity contribution in [1.29, 1.82) is 0 Å². The number of hydrogen-bond donors (Lipinski definition) is 5. The van der Waals surface area contributed by atoms with E-state index in [1.165, 1.54) is 6.92 Å². The van der Waals surface area contributed by atoms with Crippen LogP contribution >= 0.6 is 69.6 Å². The molecule has 66 heavy (non-hydrogen) atoms. The second kappa shape index (κ2) is 23.5. The Hall–Kier alpha value is -5.92. The van der Waals surface area contributed by atoms with Crippen LogP contribution in [-0.4, -0.2) is 52.6 Å².